The first-order chi connectivity index (χ1) is 13.5. The van der Waals surface area contributed by atoms with Crippen LogP contribution in [0.2, 0.25) is 0 Å². The second-order valence-corrected chi connectivity index (χ2v) is 6.37. The predicted molar refractivity (Wildman–Crippen MR) is 109 cm³/mol. The van der Waals surface area contributed by atoms with E-state index < -0.39 is 5.97 Å². The maximum Gasteiger partial charge on any atom is 0.343 e. The number of carbonyl (C=O) groups is 2. The van der Waals surface area contributed by atoms with E-state index in [-0.39, 0.29) is 5.91 Å². The van der Waals surface area contributed by atoms with Gasteiger partial charge in [-0.25, -0.2) is 10.2 Å². The van der Waals surface area contributed by atoms with E-state index in [1.54, 1.807) is 54.6 Å². The van der Waals surface area contributed by atoms with Crippen LogP contribution in [0, 0.1) is 13.8 Å². The molecule has 0 aliphatic rings. The second kappa shape index (κ2) is 8.77. The van der Waals surface area contributed by atoms with Crippen molar-refractivity contribution in [1.29, 1.82) is 0 Å². The van der Waals surface area contributed by atoms with Crippen LogP contribution >= 0.6 is 0 Å². The molecule has 5 heteroatoms. The molecule has 0 fully saturated rings. The van der Waals surface area contributed by atoms with Crippen LogP contribution in [-0.2, 0) is 0 Å². The molecule has 0 bridgehead atoms. The van der Waals surface area contributed by atoms with Gasteiger partial charge in [-0.2, -0.15) is 5.10 Å². The molecule has 140 valence electrons. The number of aryl methyl sites for hydroxylation is 2. The van der Waals surface area contributed by atoms with Gasteiger partial charge in [-0.05, 0) is 50.2 Å². The molecule has 0 aliphatic carbocycles. The first-order valence-corrected chi connectivity index (χ1v) is 8.81. The number of ether oxygens (including phenoxy) is 1. The van der Waals surface area contributed by atoms with Crippen LogP contribution in [0.3, 0.4) is 0 Å². The minimum Gasteiger partial charge on any atom is -0.422 e. The number of para-hydroxylation sites is 1. The third kappa shape index (κ3) is 4.92. The molecule has 0 spiro atoms. The number of esters is 1. The van der Waals surface area contributed by atoms with Crippen molar-refractivity contribution in [3.63, 3.8) is 0 Å². The van der Waals surface area contributed by atoms with E-state index in [0.717, 1.165) is 11.1 Å². The van der Waals surface area contributed by atoms with Gasteiger partial charge in [0.05, 0.1) is 11.8 Å². The molecule has 0 aliphatic heterocycles. The number of benzene rings is 3. The predicted octanol–water partition coefficient (Wildman–Crippen LogP) is 4.29. The van der Waals surface area contributed by atoms with Crippen LogP contribution < -0.4 is 10.2 Å². The molecule has 3 rings (SSSR count). The first kappa shape index (κ1) is 19.0. The Balaban J connectivity index is 1.70. The fourth-order valence-corrected chi connectivity index (χ4v) is 2.62. The smallest absolute Gasteiger partial charge is 0.343 e. The van der Waals surface area contributed by atoms with Gasteiger partial charge in [0.2, 0.25) is 0 Å². The molecule has 0 aromatic heterocycles. The van der Waals surface area contributed by atoms with Gasteiger partial charge in [0.1, 0.15) is 5.75 Å². The second-order valence-electron chi connectivity index (χ2n) is 6.37. The molecular weight excluding hydrogens is 352 g/mol. The Kier molecular flexibility index (Phi) is 5.97. The summed E-state index contributed by atoms with van der Waals surface area (Å²) in [6, 6.07) is 21.4. The monoisotopic (exact) mass is 372 g/mol. The molecule has 0 atom stereocenters. The summed E-state index contributed by atoms with van der Waals surface area (Å²) in [6.07, 6.45) is 1.45. The van der Waals surface area contributed by atoms with Gasteiger partial charge in [-0.1, -0.05) is 47.5 Å². The lowest BCUT2D eigenvalue weighted by atomic mass is 10.1. The van der Waals surface area contributed by atoms with E-state index in [1.807, 2.05) is 32.0 Å². The summed E-state index contributed by atoms with van der Waals surface area (Å²) in [7, 11) is 0. The lowest BCUT2D eigenvalue weighted by Gasteiger charge is -2.07. The van der Waals surface area contributed by atoms with Gasteiger partial charge in [-0.3, -0.25) is 4.79 Å². The highest BCUT2D eigenvalue weighted by molar-refractivity contribution is 5.96. The number of hydrogen-bond acceptors (Lipinski definition) is 4. The van der Waals surface area contributed by atoms with Crippen molar-refractivity contribution in [2.24, 2.45) is 5.10 Å². The number of nitrogens with zero attached hydrogens (tertiary/aromatic N) is 1. The van der Waals surface area contributed by atoms with E-state index in [4.69, 9.17) is 4.74 Å². The molecule has 28 heavy (non-hydrogen) atoms. The van der Waals surface area contributed by atoms with Gasteiger partial charge in [0.15, 0.2) is 0 Å². The summed E-state index contributed by atoms with van der Waals surface area (Å²) in [4.78, 5) is 24.5. The Labute approximate surface area is 163 Å². The van der Waals surface area contributed by atoms with Crippen LogP contribution in [0.25, 0.3) is 0 Å². The summed E-state index contributed by atoms with van der Waals surface area (Å²) in [5.74, 6) is -0.398. The SMILES string of the molecule is Cc1cccc(C(=O)N/N=C/c2ccccc2OC(=O)c2cccc(C)c2)c1. The zero-order valence-corrected chi connectivity index (χ0v) is 15.7. The Bertz CT molecular complexity index is 1040. The number of hydrogen-bond donors (Lipinski definition) is 1. The Morgan fingerprint density at radius 3 is 2.21 bits per heavy atom. The number of carbonyl (C=O) groups excluding carboxylic acids is 2. The van der Waals surface area contributed by atoms with E-state index in [0.29, 0.717) is 22.4 Å². The minimum atomic E-state index is -0.451. The largest absolute Gasteiger partial charge is 0.422 e. The van der Waals surface area contributed by atoms with Crippen LogP contribution in [0.5, 0.6) is 5.75 Å². The average Bonchev–Trinajstić information content (AvgIpc) is 2.69. The summed E-state index contributed by atoms with van der Waals surface area (Å²) in [5, 5.41) is 3.99. The first-order valence-electron chi connectivity index (χ1n) is 8.81. The third-order valence-electron chi connectivity index (χ3n) is 4.03. The maximum absolute atomic E-state index is 12.4. The molecule has 0 heterocycles. The highest BCUT2D eigenvalue weighted by atomic mass is 16.5. The van der Waals surface area contributed by atoms with E-state index in [1.165, 1.54) is 6.21 Å². The molecule has 0 saturated carbocycles. The fraction of sp³-hybridized carbons (Fsp3) is 0.0870. The standard InChI is InChI=1S/C23H20N2O3/c1-16-7-5-10-18(13-16)22(26)25-24-15-20-9-3-4-12-21(20)28-23(27)19-11-6-8-17(2)14-19/h3-15H,1-2H3,(H,25,26)/b24-15+. The van der Waals surface area contributed by atoms with Crippen LogP contribution in [-0.4, -0.2) is 18.1 Å². The lowest BCUT2D eigenvalue weighted by Crippen LogP contribution is -2.17. The van der Waals surface area contributed by atoms with Crippen molar-refractivity contribution in [3.8, 4) is 5.75 Å². The molecule has 0 unspecified atom stereocenters. The van der Waals surface area contributed by atoms with E-state index in [9.17, 15) is 9.59 Å². The van der Waals surface area contributed by atoms with Crippen molar-refractivity contribution in [2.45, 2.75) is 13.8 Å². The van der Waals surface area contributed by atoms with Crippen molar-refractivity contribution in [3.05, 3.63) is 101 Å². The Morgan fingerprint density at radius 2 is 1.50 bits per heavy atom. The fourth-order valence-electron chi connectivity index (χ4n) is 2.62. The van der Waals surface area contributed by atoms with Gasteiger partial charge in [-0.15, -0.1) is 0 Å². The molecule has 1 N–H and O–H groups in total. The molecule has 0 radical (unpaired) electrons. The molecule has 0 saturated heterocycles. The highest BCUT2D eigenvalue weighted by Crippen LogP contribution is 2.18. The van der Waals surface area contributed by atoms with Crippen LogP contribution in [0.1, 0.15) is 37.4 Å². The molecule has 3 aromatic carbocycles. The van der Waals surface area contributed by atoms with Crippen molar-refractivity contribution in [2.75, 3.05) is 0 Å². The van der Waals surface area contributed by atoms with Crippen LogP contribution in [0.15, 0.2) is 77.9 Å². The van der Waals surface area contributed by atoms with E-state index >= 15 is 0 Å². The number of amides is 1. The third-order valence-corrected chi connectivity index (χ3v) is 4.03. The molecular formula is C23H20N2O3. The normalized spacial score (nSPS) is 10.6. The average molecular weight is 372 g/mol. The molecule has 3 aromatic rings. The highest BCUT2D eigenvalue weighted by Gasteiger charge is 2.11. The Hall–Kier alpha value is -3.73. The lowest BCUT2D eigenvalue weighted by molar-refractivity contribution is 0.0734. The van der Waals surface area contributed by atoms with Crippen LogP contribution in [0.4, 0.5) is 0 Å². The quantitative estimate of drug-likeness (QED) is 0.314. The van der Waals surface area contributed by atoms with Crippen molar-refractivity contribution < 1.29 is 14.3 Å². The summed E-state index contributed by atoms with van der Waals surface area (Å²) in [6.45, 7) is 3.83. The minimum absolute atomic E-state index is 0.311. The van der Waals surface area contributed by atoms with Gasteiger partial charge < -0.3 is 4.74 Å². The summed E-state index contributed by atoms with van der Waals surface area (Å²) >= 11 is 0. The van der Waals surface area contributed by atoms with Gasteiger partial charge in [0, 0.05) is 11.1 Å². The molecule has 5 nitrogen and oxygen atoms in total. The van der Waals surface area contributed by atoms with Crippen molar-refractivity contribution >= 4 is 18.1 Å². The number of rotatable bonds is 5. The summed E-state index contributed by atoms with van der Waals surface area (Å²) < 4.78 is 5.50. The number of hydrazone groups is 1. The van der Waals surface area contributed by atoms with Gasteiger partial charge >= 0.3 is 5.97 Å². The maximum atomic E-state index is 12.4. The topological polar surface area (TPSA) is 67.8 Å². The zero-order chi connectivity index (χ0) is 19.9. The van der Waals surface area contributed by atoms with Crippen molar-refractivity contribution in [1.82, 2.24) is 5.43 Å². The number of nitrogens with one attached hydrogen (secondary N) is 1. The molecule has 1 amide bonds. The summed E-state index contributed by atoms with van der Waals surface area (Å²) in [5.41, 5.74) is 6.02. The zero-order valence-electron chi connectivity index (χ0n) is 15.7. The Morgan fingerprint density at radius 1 is 0.857 bits per heavy atom. The van der Waals surface area contributed by atoms with Gasteiger partial charge in [0.25, 0.3) is 5.91 Å². The van der Waals surface area contributed by atoms with E-state index in [2.05, 4.69) is 10.5 Å².